The van der Waals surface area contributed by atoms with Crippen molar-refractivity contribution < 1.29 is 19.1 Å². The van der Waals surface area contributed by atoms with E-state index in [9.17, 15) is 14.4 Å². The van der Waals surface area contributed by atoms with Crippen molar-refractivity contribution in [1.29, 1.82) is 0 Å². The van der Waals surface area contributed by atoms with Gasteiger partial charge in [-0.25, -0.2) is 4.79 Å². The van der Waals surface area contributed by atoms with Crippen LogP contribution in [0.15, 0.2) is 30.3 Å². The van der Waals surface area contributed by atoms with Crippen molar-refractivity contribution in [3.8, 4) is 0 Å². The number of hydrogen-bond donors (Lipinski definition) is 2. The minimum Gasteiger partial charge on any atom is -0.444 e. The summed E-state index contributed by atoms with van der Waals surface area (Å²) >= 11 is 1.42. The van der Waals surface area contributed by atoms with E-state index < -0.39 is 11.6 Å². The third kappa shape index (κ3) is 7.19. The van der Waals surface area contributed by atoms with E-state index in [2.05, 4.69) is 10.6 Å². The van der Waals surface area contributed by atoms with Crippen LogP contribution in [0.2, 0.25) is 0 Å². The number of carbonyl (C=O) groups excluding carboxylic acids is 3. The van der Waals surface area contributed by atoms with Crippen LogP contribution in [-0.4, -0.2) is 53.6 Å². The molecule has 186 valence electrons. The quantitative estimate of drug-likeness (QED) is 0.578. The molecule has 3 rings (SSSR count). The number of nitrogens with zero attached hydrogens (tertiary/aromatic N) is 1. The van der Waals surface area contributed by atoms with Gasteiger partial charge >= 0.3 is 6.09 Å². The van der Waals surface area contributed by atoms with Crippen LogP contribution in [0.3, 0.4) is 0 Å². The first-order valence-electron chi connectivity index (χ1n) is 12.1. The number of likely N-dealkylation sites (tertiary alicyclic amines) is 1. The van der Waals surface area contributed by atoms with Gasteiger partial charge < -0.3 is 20.3 Å². The summed E-state index contributed by atoms with van der Waals surface area (Å²) in [7, 11) is 0. The summed E-state index contributed by atoms with van der Waals surface area (Å²) in [4.78, 5) is 41.0. The molecule has 2 N–H and O–H groups in total. The molecule has 2 aromatic rings. The van der Waals surface area contributed by atoms with Gasteiger partial charge in [-0.05, 0) is 69.9 Å². The van der Waals surface area contributed by atoms with E-state index in [-0.39, 0.29) is 29.9 Å². The molecule has 3 amide bonds. The summed E-state index contributed by atoms with van der Waals surface area (Å²) in [5.41, 5.74) is -0.568. The highest BCUT2D eigenvalue weighted by Crippen LogP contribution is 2.25. The van der Waals surface area contributed by atoms with Crippen molar-refractivity contribution in [2.45, 2.75) is 78.0 Å². The summed E-state index contributed by atoms with van der Waals surface area (Å²) in [5, 5.41) is 6.94. The predicted octanol–water partition coefficient (Wildman–Crippen LogP) is 4.95. The lowest BCUT2D eigenvalue weighted by molar-refractivity contribution is -0.123. The average molecular weight is 488 g/mol. The Morgan fingerprint density at radius 1 is 1.18 bits per heavy atom. The number of hydrogen-bond acceptors (Lipinski definition) is 5. The predicted molar refractivity (Wildman–Crippen MR) is 136 cm³/mol. The minimum atomic E-state index is -0.642. The van der Waals surface area contributed by atoms with Crippen molar-refractivity contribution >= 4 is 39.3 Å². The number of carbonyl (C=O) groups is 3. The van der Waals surface area contributed by atoms with E-state index >= 15 is 0 Å². The van der Waals surface area contributed by atoms with Gasteiger partial charge in [0, 0.05) is 17.8 Å². The van der Waals surface area contributed by atoms with E-state index in [1.165, 1.54) is 11.3 Å². The lowest BCUT2D eigenvalue weighted by atomic mass is 10.0. The SMILES string of the molecule is CC(C)C[C@H](NC(=O)c1cc2ccccc2s1)C(=O)NCC1CCCCN1C(=O)OC(C)(C)C. The van der Waals surface area contributed by atoms with Crippen molar-refractivity contribution in [1.82, 2.24) is 15.5 Å². The van der Waals surface area contributed by atoms with Gasteiger partial charge in [0.15, 0.2) is 0 Å². The Morgan fingerprint density at radius 2 is 1.91 bits per heavy atom. The molecule has 1 fully saturated rings. The van der Waals surface area contributed by atoms with Crippen molar-refractivity contribution in [2.24, 2.45) is 5.92 Å². The van der Waals surface area contributed by atoms with E-state index in [0.29, 0.717) is 24.4 Å². The fraction of sp³-hybridized carbons (Fsp3) is 0.577. The van der Waals surface area contributed by atoms with Gasteiger partial charge in [0.2, 0.25) is 5.91 Å². The Morgan fingerprint density at radius 3 is 2.59 bits per heavy atom. The number of ether oxygens (including phenoxy) is 1. The van der Waals surface area contributed by atoms with Gasteiger partial charge in [-0.3, -0.25) is 9.59 Å². The van der Waals surface area contributed by atoms with Gasteiger partial charge in [0.25, 0.3) is 5.91 Å². The fourth-order valence-electron chi connectivity index (χ4n) is 4.14. The third-order valence-corrected chi connectivity index (χ3v) is 6.86. The van der Waals surface area contributed by atoms with Gasteiger partial charge in [0.1, 0.15) is 11.6 Å². The normalized spacial score (nSPS) is 17.5. The van der Waals surface area contributed by atoms with Crippen molar-refractivity contribution in [2.75, 3.05) is 13.1 Å². The zero-order chi connectivity index (χ0) is 24.9. The Labute approximate surface area is 206 Å². The maximum absolute atomic E-state index is 13.1. The summed E-state index contributed by atoms with van der Waals surface area (Å²) in [6.45, 7) is 10.6. The standard InChI is InChI=1S/C26H37N3O4S/c1-17(2)14-20(28-24(31)22-15-18-10-6-7-12-21(18)34-22)23(30)27-16-19-11-8-9-13-29(19)25(32)33-26(3,4)5/h6-7,10,12,15,17,19-20H,8-9,11,13-14,16H2,1-5H3,(H,27,30)(H,28,31)/t19?,20-/m0/s1. The minimum absolute atomic E-state index is 0.120. The molecular weight excluding hydrogens is 450 g/mol. The third-order valence-electron chi connectivity index (χ3n) is 5.75. The maximum Gasteiger partial charge on any atom is 0.410 e. The number of piperidine rings is 1. The first-order valence-corrected chi connectivity index (χ1v) is 12.9. The Bertz CT molecular complexity index is 978. The van der Waals surface area contributed by atoms with Crippen LogP contribution < -0.4 is 10.6 Å². The molecule has 1 saturated heterocycles. The summed E-state index contributed by atoms with van der Waals surface area (Å²) in [6.07, 6.45) is 2.91. The number of fused-ring (bicyclic) bond motifs is 1. The van der Waals surface area contributed by atoms with E-state index in [1.54, 1.807) is 4.90 Å². The molecule has 2 atom stereocenters. The number of rotatable bonds is 7. The molecular formula is C26H37N3O4S. The highest BCUT2D eigenvalue weighted by Gasteiger charge is 2.31. The summed E-state index contributed by atoms with van der Waals surface area (Å²) < 4.78 is 6.60. The number of thiophene rings is 1. The molecule has 2 heterocycles. The Balaban J connectivity index is 1.63. The molecule has 7 nitrogen and oxygen atoms in total. The largest absolute Gasteiger partial charge is 0.444 e. The van der Waals surface area contributed by atoms with Crippen LogP contribution in [0.5, 0.6) is 0 Å². The van der Waals surface area contributed by atoms with Crippen LogP contribution in [-0.2, 0) is 9.53 Å². The highest BCUT2D eigenvalue weighted by atomic mass is 32.1. The first-order chi connectivity index (χ1) is 16.0. The van der Waals surface area contributed by atoms with Crippen LogP contribution >= 0.6 is 11.3 Å². The molecule has 0 radical (unpaired) electrons. The molecule has 0 spiro atoms. The molecule has 1 aromatic heterocycles. The second-order valence-corrected chi connectivity index (χ2v) is 11.5. The summed E-state index contributed by atoms with van der Waals surface area (Å²) in [5.74, 6) is -0.237. The van der Waals surface area contributed by atoms with Crippen LogP contribution in [0.4, 0.5) is 4.79 Å². The molecule has 1 unspecified atom stereocenters. The zero-order valence-electron chi connectivity index (χ0n) is 20.8. The number of benzene rings is 1. The average Bonchev–Trinajstić information content (AvgIpc) is 3.20. The van der Waals surface area contributed by atoms with Gasteiger partial charge in [-0.2, -0.15) is 0 Å². The van der Waals surface area contributed by atoms with Gasteiger partial charge in [0.05, 0.1) is 10.9 Å². The number of nitrogens with one attached hydrogen (secondary N) is 2. The molecule has 0 aliphatic carbocycles. The molecule has 1 aromatic carbocycles. The smallest absolute Gasteiger partial charge is 0.410 e. The molecule has 34 heavy (non-hydrogen) atoms. The Kier molecular flexibility index (Phi) is 8.57. The topological polar surface area (TPSA) is 87.7 Å². The lowest BCUT2D eigenvalue weighted by Gasteiger charge is -2.37. The summed E-state index contributed by atoms with van der Waals surface area (Å²) in [6, 6.07) is 8.94. The molecule has 0 saturated carbocycles. The lowest BCUT2D eigenvalue weighted by Crippen LogP contribution is -2.53. The second kappa shape index (κ2) is 11.2. The van der Waals surface area contributed by atoms with Crippen LogP contribution in [0, 0.1) is 5.92 Å². The molecule has 1 aliphatic rings. The van der Waals surface area contributed by atoms with Crippen LogP contribution in [0.25, 0.3) is 10.1 Å². The van der Waals surface area contributed by atoms with Gasteiger partial charge in [-0.1, -0.05) is 32.0 Å². The van der Waals surface area contributed by atoms with E-state index in [0.717, 1.165) is 29.3 Å². The maximum atomic E-state index is 13.1. The second-order valence-electron chi connectivity index (χ2n) is 10.4. The molecule has 1 aliphatic heterocycles. The van der Waals surface area contributed by atoms with Crippen LogP contribution in [0.1, 0.15) is 70.0 Å². The highest BCUT2D eigenvalue weighted by molar-refractivity contribution is 7.20. The molecule has 8 heteroatoms. The van der Waals surface area contributed by atoms with Crippen molar-refractivity contribution in [3.05, 3.63) is 35.2 Å². The zero-order valence-corrected chi connectivity index (χ0v) is 21.7. The Hall–Kier alpha value is -2.61. The fourth-order valence-corrected chi connectivity index (χ4v) is 5.11. The monoisotopic (exact) mass is 487 g/mol. The van der Waals surface area contributed by atoms with Gasteiger partial charge in [-0.15, -0.1) is 11.3 Å². The number of amides is 3. The van der Waals surface area contributed by atoms with Crippen molar-refractivity contribution in [3.63, 3.8) is 0 Å². The van der Waals surface area contributed by atoms with E-state index in [1.807, 2.05) is 65.0 Å². The molecule has 0 bridgehead atoms. The van der Waals surface area contributed by atoms with E-state index in [4.69, 9.17) is 4.74 Å². The first kappa shape index (κ1) is 26.0.